The van der Waals surface area contributed by atoms with E-state index in [4.69, 9.17) is 9.47 Å². The highest BCUT2D eigenvalue weighted by molar-refractivity contribution is 9.10. The normalized spacial score (nSPS) is 26.5. The summed E-state index contributed by atoms with van der Waals surface area (Å²) < 4.78 is 12.3. The molecule has 3 rings (SSSR count). The molecule has 0 aliphatic carbocycles. The highest BCUT2D eigenvalue weighted by atomic mass is 79.9. The zero-order valence-corrected chi connectivity index (χ0v) is 15.5. The standard InChI is InChI=1S/C16H22BrN3O3/c1-9-14(18-8-13(17)19-9)22-12-7-10-5-6-11(12)20(10)15(21)23-16(2,3)4/h8,10-12H,5-7H2,1-4H3. The Kier molecular flexibility index (Phi) is 4.25. The number of aryl methyl sites for hydroxylation is 1. The predicted molar refractivity (Wildman–Crippen MR) is 88.4 cm³/mol. The lowest BCUT2D eigenvalue weighted by atomic mass is 9.98. The first kappa shape index (κ1) is 16.5. The minimum atomic E-state index is -0.483. The summed E-state index contributed by atoms with van der Waals surface area (Å²) in [6, 6.07) is 0.253. The van der Waals surface area contributed by atoms with Crippen molar-refractivity contribution >= 4 is 22.0 Å². The predicted octanol–water partition coefficient (Wildman–Crippen LogP) is 3.47. The van der Waals surface area contributed by atoms with Crippen molar-refractivity contribution in [3.63, 3.8) is 0 Å². The zero-order chi connectivity index (χ0) is 16.8. The third-order valence-corrected chi connectivity index (χ3v) is 4.60. The molecule has 2 bridgehead atoms. The molecule has 0 radical (unpaired) electrons. The largest absolute Gasteiger partial charge is 0.471 e. The Morgan fingerprint density at radius 1 is 1.39 bits per heavy atom. The number of hydrogen-bond acceptors (Lipinski definition) is 5. The highest BCUT2D eigenvalue weighted by Gasteiger charge is 2.51. The second kappa shape index (κ2) is 5.92. The molecule has 0 N–H and O–H groups in total. The molecular formula is C16H22BrN3O3. The van der Waals surface area contributed by atoms with Crippen molar-refractivity contribution in [2.24, 2.45) is 0 Å². The molecule has 0 saturated carbocycles. The van der Waals surface area contributed by atoms with Gasteiger partial charge in [-0.25, -0.2) is 14.8 Å². The first-order valence-electron chi connectivity index (χ1n) is 7.92. The van der Waals surface area contributed by atoms with E-state index in [1.165, 1.54) is 0 Å². The van der Waals surface area contributed by atoms with Crippen LogP contribution in [0.25, 0.3) is 0 Å². The molecule has 2 saturated heterocycles. The van der Waals surface area contributed by atoms with Gasteiger partial charge in [-0.3, -0.25) is 4.90 Å². The smallest absolute Gasteiger partial charge is 0.410 e. The average Bonchev–Trinajstić information content (AvgIpc) is 2.97. The van der Waals surface area contributed by atoms with E-state index < -0.39 is 5.60 Å². The van der Waals surface area contributed by atoms with Crippen molar-refractivity contribution in [3.8, 4) is 5.88 Å². The number of hydrogen-bond donors (Lipinski definition) is 0. The van der Waals surface area contributed by atoms with Crippen molar-refractivity contribution in [3.05, 3.63) is 16.5 Å². The summed E-state index contributed by atoms with van der Waals surface area (Å²) in [5.74, 6) is 0.537. The van der Waals surface area contributed by atoms with Crippen molar-refractivity contribution in [2.45, 2.75) is 70.7 Å². The van der Waals surface area contributed by atoms with Crippen molar-refractivity contribution in [2.75, 3.05) is 0 Å². The second-order valence-electron chi connectivity index (χ2n) is 7.16. The number of halogens is 1. The maximum absolute atomic E-state index is 12.4. The average molecular weight is 384 g/mol. The van der Waals surface area contributed by atoms with Gasteiger partial charge < -0.3 is 9.47 Å². The summed E-state index contributed by atoms with van der Waals surface area (Å²) in [4.78, 5) is 22.9. The van der Waals surface area contributed by atoms with Crippen LogP contribution in [-0.2, 0) is 4.74 Å². The lowest BCUT2D eigenvalue weighted by Gasteiger charge is -2.28. The highest BCUT2D eigenvalue weighted by Crippen LogP contribution is 2.40. The van der Waals surface area contributed by atoms with Gasteiger partial charge in [0.15, 0.2) is 0 Å². The van der Waals surface area contributed by atoms with Crippen LogP contribution in [-0.4, -0.2) is 44.7 Å². The second-order valence-corrected chi connectivity index (χ2v) is 7.97. The number of amides is 1. The van der Waals surface area contributed by atoms with E-state index in [1.807, 2.05) is 32.6 Å². The van der Waals surface area contributed by atoms with E-state index >= 15 is 0 Å². The number of carbonyl (C=O) groups excluding carboxylic acids is 1. The molecule has 3 atom stereocenters. The Bertz CT molecular complexity index is 617. The van der Waals surface area contributed by atoms with Gasteiger partial charge in [-0.2, -0.15) is 0 Å². The molecular weight excluding hydrogens is 362 g/mol. The molecule has 2 aliphatic rings. The molecule has 3 unspecified atom stereocenters. The summed E-state index contributed by atoms with van der Waals surface area (Å²) in [7, 11) is 0. The van der Waals surface area contributed by atoms with Crippen LogP contribution in [0.1, 0.15) is 45.7 Å². The first-order chi connectivity index (χ1) is 10.7. The fourth-order valence-corrected chi connectivity index (χ4v) is 3.73. The summed E-state index contributed by atoms with van der Waals surface area (Å²) in [6.45, 7) is 7.53. The molecule has 0 aromatic carbocycles. The minimum Gasteiger partial charge on any atom is -0.471 e. The first-order valence-corrected chi connectivity index (χ1v) is 8.71. The lowest BCUT2D eigenvalue weighted by Crippen LogP contribution is -2.42. The molecule has 1 amide bonds. The zero-order valence-electron chi connectivity index (χ0n) is 13.9. The molecule has 1 aromatic rings. The van der Waals surface area contributed by atoms with E-state index in [2.05, 4.69) is 25.9 Å². The number of aromatic nitrogens is 2. The Balaban J connectivity index is 1.71. The maximum Gasteiger partial charge on any atom is 0.410 e. The summed E-state index contributed by atoms with van der Waals surface area (Å²) >= 11 is 3.30. The molecule has 2 fully saturated rings. The number of carbonyl (C=O) groups is 1. The topological polar surface area (TPSA) is 64.6 Å². The third-order valence-electron chi connectivity index (χ3n) is 4.22. The van der Waals surface area contributed by atoms with Crippen molar-refractivity contribution in [1.29, 1.82) is 0 Å². The van der Waals surface area contributed by atoms with Crippen LogP contribution in [0.15, 0.2) is 10.8 Å². The van der Waals surface area contributed by atoms with Crippen LogP contribution in [0, 0.1) is 6.92 Å². The van der Waals surface area contributed by atoms with Crippen LogP contribution in [0.4, 0.5) is 4.79 Å². The molecule has 126 valence electrons. The van der Waals surface area contributed by atoms with E-state index in [0.717, 1.165) is 25.0 Å². The van der Waals surface area contributed by atoms with Gasteiger partial charge in [0.2, 0.25) is 5.88 Å². The van der Waals surface area contributed by atoms with Gasteiger partial charge in [0.25, 0.3) is 0 Å². The summed E-state index contributed by atoms with van der Waals surface area (Å²) in [5.41, 5.74) is 0.259. The minimum absolute atomic E-state index is 0.0459. The number of ether oxygens (including phenoxy) is 2. The van der Waals surface area contributed by atoms with Crippen LogP contribution in [0.3, 0.4) is 0 Å². The molecule has 3 heterocycles. The quantitative estimate of drug-likeness (QED) is 0.781. The van der Waals surface area contributed by atoms with Gasteiger partial charge in [0.05, 0.1) is 12.2 Å². The lowest BCUT2D eigenvalue weighted by molar-refractivity contribution is 0.0180. The monoisotopic (exact) mass is 383 g/mol. The van der Waals surface area contributed by atoms with E-state index in [-0.39, 0.29) is 24.3 Å². The number of rotatable bonds is 2. The number of fused-ring (bicyclic) bond motifs is 2. The van der Waals surface area contributed by atoms with Crippen LogP contribution < -0.4 is 4.74 Å². The van der Waals surface area contributed by atoms with Gasteiger partial charge in [-0.05, 0) is 56.5 Å². The fraction of sp³-hybridized carbons (Fsp3) is 0.688. The Hall–Kier alpha value is -1.37. The van der Waals surface area contributed by atoms with E-state index in [0.29, 0.717) is 10.5 Å². The number of nitrogens with zero attached hydrogens (tertiary/aromatic N) is 3. The molecule has 7 heteroatoms. The van der Waals surface area contributed by atoms with Gasteiger partial charge in [-0.15, -0.1) is 0 Å². The van der Waals surface area contributed by atoms with Gasteiger partial charge >= 0.3 is 6.09 Å². The fourth-order valence-electron chi connectivity index (χ4n) is 3.36. The van der Waals surface area contributed by atoms with Gasteiger partial charge in [0, 0.05) is 12.5 Å². The van der Waals surface area contributed by atoms with Crippen LogP contribution >= 0.6 is 15.9 Å². The van der Waals surface area contributed by atoms with Crippen LogP contribution in [0.5, 0.6) is 5.88 Å². The maximum atomic E-state index is 12.4. The Labute approximate surface area is 144 Å². The molecule has 2 aliphatic heterocycles. The van der Waals surface area contributed by atoms with Crippen LogP contribution in [0.2, 0.25) is 0 Å². The molecule has 1 aromatic heterocycles. The van der Waals surface area contributed by atoms with Gasteiger partial charge in [0.1, 0.15) is 22.0 Å². The molecule has 0 spiro atoms. The molecule has 23 heavy (non-hydrogen) atoms. The van der Waals surface area contributed by atoms with Crippen molar-refractivity contribution < 1.29 is 14.3 Å². The summed E-state index contributed by atoms with van der Waals surface area (Å²) in [6.07, 6.45) is 4.11. The third kappa shape index (κ3) is 3.44. The summed E-state index contributed by atoms with van der Waals surface area (Å²) in [5, 5.41) is 0. The SMILES string of the molecule is Cc1nc(Br)cnc1OC1CC2CCC1N2C(=O)OC(C)(C)C. The van der Waals surface area contributed by atoms with E-state index in [9.17, 15) is 4.79 Å². The van der Waals surface area contributed by atoms with E-state index in [1.54, 1.807) is 6.20 Å². The van der Waals surface area contributed by atoms with Crippen molar-refractivity contribution in [1.82, 2.24) is 14.9 Å². The van der Waals surface area contributed by atoms with Gasteiger partial charge in [-0.1, -0.05) is 0 Å². The Morgan fingerprint density at radius 2 is 2.13 bits per heavy atom. The Morgan fingerprint density at radius 3 is 2.78 bits per heavy atom. The molecule has 6 nitrogen and oxygen atoms in total.